The molecule has 0 unspecified atom stereocenters. The van der Waals surface area contributed by atoms with E-state index in [1.165, 1.54) is 0 Å². The van der Waals surface area contributed by atoms with Crippen LogP contribution in [-0.4, -0.2) is 38.2 Å². The lowest BCUT2D eigenvalue weighted by Crippen LogP contribution is -2.51. The van der Waals surface area contributed by atoms with E-state index in [0.29, 0.717) is 18.4 Å². The van der Waals surface area contributed by atoms with E-state index < -0.39 is 14.8 Å². The van der Waals surface area contributed by atoms with Gasteiger partial charge >= 0.3 is 14.8 Å². The first-order chi connectivity index (χ1) is 10.1. The van der Waals surface area contributed by atoms with Gasteiger partial charge in [-0.05, 0) is 61.3 Å². The fraction of sp³-hybridized carbons (Fsp3) is 0.750. The average Bonchev–Trinajstić information content (AvgIpc) is 2.31. The van der Waals surface area contributed by atoms with Gasteiger partial charge in [0.2, 0.25) is 0 Å². The Balaban J connectivity index is 4.88. The molecule has 0 heterocycles. The average molecular weight is 332 g/mol. The molecule has 0 atom stereocenters. The molecular weight excluding hydrogens is 300 g/mol. The lowest BCUT2D eigenvalue weighted by Gasteiger charge is -2.34. The van der Waals surface area contributed by atoms with E-state index in [1.807, 2.05) is 47.6 Å². The van der Waals surface area contributed by atoms with Gasteiger partial charge in [0.05, 0.1) is 0 Å². The van der Waals surface area contributed by atoms with Crippen molar-refractivity contribution in [1.29, 1.82) is 0 Å². The third kappa shape index (κ3) is 9.35. The summed E-state index contributed by atoms with van der Waals surface area (Å²) in [4.78, 5) is 10.8. The second-order valence-electron chi connectivity index (χ2n) is 6.08. The number of carbonyl (C=O) groups is 1. The van der Waals surface area contributed by atoms with Gasteiger partial charge in [-0.2, -0.15) is 0 Å². The summed E-state index contributed by atoms with van der Waals surface area (Å²) >= 11 is 0. The maximum Gasteiger partial charge on any atom is 0.505 e. The van der Waals surface area contributed by atoms with Gasteiger partial charge in [0.1, 0.15) is 0 Å². The molecule has 0 spiro atoms. The van der Waals surface area contributed by atoms with Crippen LogP contribution in [0, 0.1) is 6.04 Å². The zero-order chi connectivity index (χ0) is 17.3. The molecule has 0 rings (SSSR count). The largest absolute Gasteiger partial charge is 0.505 e. The summed E-state index contributed by atoms with van der Waals surface area (Å²) < 4.78 is 18.0. The van der Waals surface area contributed by atoms with E-state index in [4.69, 9.17) is 18.4 Å². The summed E-state index contributed by atoms with van der Waals surface area (Å²) in [6.45, 7) is 13.3. The number of allylic oxidation sites excluding steroid dienone is 1. The molecule has 0 aromatic heterocycles. The molecule has 0 amide bonds. The number of hydrogen-bond donors (Lipinski definition) is 1. The number of carboxylic acids is 1. The molecule has 22 heavy (non-hydrogen) atoms. The predicted octanol–water partition coefficient (Wildman–Crippen LogP) is 3.75. The Morgan fingerprint density at radius 3 is 1.68 bits per heavy atom. The van der Waals surface area contributed by atoms with Crippen LogP contribution in [-0.2, 0) is 18.1 Å². The number of carboxylic acid groups (broad SMARTS) is 1. The highest BCUT2D eigenvalue weighted by molar-refractivity contribution is 6.64. The second kappa shape index (κ2) is 10.2. The van der Waals surface area contributed by atoms with Crippen LogP contribution in [0.1, 0.15) is 61.3 Å². The van der Waals surface area contributed by atoms with Gasteiger partial charge in [-0.15, -0.1) is 0 Å². The predicted molar refractivity (Wildman–Crippen MR) is 89.3 cm³/mol. The first kappa shape index (κ1) is 21.3. The molecule has 1 N–H and O–H groups in total. The molecule has 6 heteroatoms. The standard InChI is InChI=1S/C16H31O5Si/c1-12(2)19-22(20-13(3)4,21-14(5)6)11-9-8-10-15(7)16(17)18/h10-14H,8-9H2,1-7H3,(H,17,18). The lowest BCUT2D eigenvalue weighted by atomic mass is 10.2. The maximum atomic E-state index is 10.8. The van der Waals surface area contributed by atoms with Crippen molar-refractivity contribution < 1.29 is 23.2 Å². The highest BCUT2D eigenvalue weighted by Gasteiger charge is 2.43. The molecule has 129 valence electrons. The molecule has 0 aliphatic rings. The number of unbranched alkanes of at least 4 members (excludes halogenated alkanes) is 1. The van der Waals surface area contributed by atoms with E-state index in [-0.39, 0.29) is 18.3 Å². The summed E-state index contributed by atoms with van der Waals surface area (Å²) in [5.41, 5.74) is 0.347. The number of hydrogen-bond acceptors (Lipinski definition) is 4. The van der Waals surface area contributed by atoms with Crippen LogP contribution in [0.25, 0.3) is 0 Å². The van der Waals surface area contributed by atoms with E-state index >= 15 is 0 Å². The molecule has 0 bridgehead atoms. The minimum Gasteiger partial charge on any atom is -0.478 e. The second-order valence-corrected chi connectivity index (χ2v) is 8.40. The van der Waals surface area contributed by atoms with Gasteiger partial charge < -0.3 is 18.4 Å². The topological polar surface area (TPSA) is 65.0 Å². The van der Waals surface area contributed by atoms with Gasteiger partial charge in [-0.3, -0.25) is 0 Å². The molecule has 0 fully saturated rings. The van der Waals surface area contributed by atoms with Crippen molar-refractivity contribution in [2.45, 2.75) is 79.6 Å². The summed E-state index contributed by atoms with van der Waals surface area (Å²) in [5, 5.41) is 8.85. The SMILES string of the molecule is CC(=CCC[CH][Si](OC(C)C)(OC(C)C)OC(C)C)C(=O)O. The van der Waals surface area contributed by atoms with E-state index in [9.17, 15) is 4.79 Å². The van der Waals surface area contributed by atoms with Crippen LogP contribution >= 0.6 is 0 Å². The fourth-order valence-electron chi connectivity index (χ4n) is 1.86. The van der Waals surface area contributed by atoms with Crippen LogP contribution in [0.2, 0.25) is 0 Å². The Kier molecular flexibility index (Phi) is 9.83. The highest BCUT2D eigenvalue weighted by atomic mass is 28.4. The molecule has 5 nitrogen and oxygen atoms in total. The van der Waals surface area contributed by atoms with Gasteiger partial charge in [0, 0.05) is 29.9 Å². The fourth-order valence-corrected chi connectivity index (χ4v) is 4.81. The van der Waals surface area contributed by atoms with Crippen LogP contribution in [0.3, 0.4) is 0 Å². The Morgan fingerprint density at radius 2 is 1.36 bits per heavy atom. The zero-order valence-electron chi connectivity index (χ0n) is 14.9. The summed E-state index contributed by atoms with van der Waals surface area (Å²) in [6.07, 6.45) is 2.98. The highest BCUT2D eigenvalue weighted by Crippen LogP contribution is 2.23. The van der Waals surface area contributed by atoms with Crippen molar-refractivity contribution in [3.05, 3.63) is 17.7 Å². The zero-order valence-corrected chi connectivity index (χ0v) is 15.9. The third-order valence-electron chi connectivity index (χ3n) is 2.55. The Morgan fingerprint density at radius 1 is 0.955 bits per heavy atom. The minimum atomic E-state index is -2.89. The summed E-state index contributed by atoms with van der Waals surface area (Å²) in [5.74, 6) is -0.890. The summed E-state index contributed by atoms with van der Waals surface area (Å²) in [6, 6.07) is 1.97. The van der Waals surface area contributed by atoms with Crippen molar-refractivity contribution in [1.82, 2.24) is 0 Å². The Hall–Kier alpha value is -0.693. The molecule has 1 radical (unpaired) electrons. The number of aliphatic carboxylic acids is 1. The maximum absolute atomic E-state index is 10.8. The first-order valence-corrected chi connectivity index (χ1v) is 9.66. The minimum absolute atomic E-state index is 0.00304. The Labute approximate surface area is 136 Å². The smallest absolute Gasteiger partial charge is 0.478 e. The third-order valence-corrected chi connectivity index (χ3v) is 5.74. The number of rotatable bonds is 11. The monoisotopic (exact) mass is 331 g/mol. The van der Waals surface area contributed by atoms with E-state index in [2.05, 4.69) is 0 Å². The Bertz CT molecular complexity index is 337. The van der Waals surface area contributed by atoms with E-state index in [0.717, 1.165) is 0 Å². The van der Waals surface area contributed by atoms with E-state index in [1.54, 1.807) is 13.0 Å². The van der Waals surface area contributed by atoms with Crippen molar-refractivity contribution in [2.75, 3.05) is 0 Å². The van der Waals surface area contributed by atoms with Gasteiger partial charge in [-0.25, -0.2) is 4.79 Å². The van der Waals surface area contributed by atoms with Crippen molar-refractivity contribution >= 4 is 14.8 Å². The molecular formula is C16H31O5Si. The molecule has 0 aliphatic carbocycles. The van der Waals surface area contributed by atoms with Crippen molar-refractivity contribution in [2.24, 2.45) is 0 Å². The molecule has 0 aromatic rings. The van der Waals surface area contributed by atoms with Crippen molar-refractivity contribution in [3.63, 3.8) is 0 Å². The molecule has 0 aromatic carbocycles. The molecule has 0 aliphatic heterocycles. The molecule has 0 saturated heterocycles. The van der Waals surface area contributed by atoms with Gasteiger partial charge in [0.15, 0.2) is 0 Å². The van der Waals surface area contributed by atoms with Crippen molar-refractivity contribution in [3.8, 4) is 0 Å². The summed E-state index contributed by atoms with van der Waals surface area (Å²) in [7, 11) is -2.89. The van der Waals surface area contributed by atoms with Crippen LogP contribution in [0.15, 0.2) is 11.6 Å². The molecule has 0 saturated carbocycles. The lowest BCUT2D eigenvalue weighted by molar-refractivity contribution is -0.132. The first-order valence-electron chi connectivity index (χ1n) is 7.86. The van der Waals surface area contributed by atoms with Gasteiger partial charge in [-0.1, -0.05) is 6.08 Å². The van der Waals surface area contributed by atoms with Gasteiger partial charge in [0.25, 0.3) is 0 Å². The van der Waals surface area contributed by atoms with Crippen LogP contribution in [0.5, 0.6) is 0 Å². The van der Waals surface area contributed by atoms with Crippen LogP contribution < -0.4 is 0 Å². The van der Waals surface area contributed by atoms with Crippen LogP contribution in [0.4, 0.5) is 0 Å². The normalized spacial score (nSPS) is 13.5. The quantitative estimate of drug-likeness (QED) is 0.355.